The molecule has 0 radical (unpaired) electrons. The van der Waals surface area contributed by atoms with Crippen LogP contribution in [0.2, 0.25) is 0 Å². The van der Waals surface area contributed by atoms with Gasteiger partial charge in [-0.3, -0.25) is 0 Å². The van der Waals surface area contributed by atoms with Crippen molar-refractivity contribution in [2.45, 2.75) is 4.90 Å². The van der Waals surface area contributed by atoms with Gasteiger partial charge in [0, 0.05) is 5.56 Å². The van der Waals surface area contributed by atoms with Crippen LogP contribution < -0.4 is 0 Å². The van der Waals surface area contributed by atoms with Crippen molar-refractivity contribution in [1.29, 1.82) is 5.53 Å². The third-order valence-corrected chi connectivity index (χ3v) is 3.82. The van der Waals surface area contributed by atoms with E-state index in [4.69, 9.17) is 5.53 Å². The van der Waals surface area contributed by atoms with Gasteiger partial charge in [-0.05, 0) is 11.6 Å². The van der Waals surface area contributed by atoms with E-state index in [9.17, 15) is 8.42 Å². The second kappa shape index (κ2) is 4.96. The molecule has 0 fully saturated rings. The first-order chi connectivity index (χ1) is 8.65. The normalized spacial score (nSPS) is 10.7. The number of rotatable bonds is 3. The maximum absolute atomic E-state index is 12.0. The van der Waals surface area contributed by atoms with Gasteiger partial charge in [-0.15, -0.1) is 0 Å². The highest BCUT2D eigenvalue weighted by Gasteiger charge is 2.21. The van der Waals surface area contributed by atoms with Crippen molar-refractivity contribution < 1.29 is 13.2 Å². The summed E-state index contributed by atoms with van der Waals surface area (Å²) >= 11 is 0. The molecule has 18 heavy (non-hydrogen) atoms. The molecule has 0 aliphatic rings. The van der Waals surface area contributed by atoms with E-state index in [1.807, 2.05) is 30.3 Å². The SMILES string of the molecule is N=[N+]=CS(=O)(=O)c1ccccc1-c1ccccc1. The highest BCUT2D eigenvalue weighted by atomic mass is 32.2. The van der Waals surface area contributed by atoms with Gasteiger partial charge in [0.15, 0.2) is 0 Å². The molecule has 2 aromatic carbocycles. The van der Waals surface area contributed by atoms with E-state index in [0.29, 0.717) is 11.1 Å². The number of hydrogen-bond donors (Lipinski definition) is 1. The van der Waals surface area contributed by atoms with Gasteiger partial charge in [0.05, 0.1) is 15.2 Å². The van der Waals surface area contributed by atoms with E-state index in [0.717, 1.165) is 5.56 Å². The van der Waals surface area contributed by atoms with Crippen molar-refractivity contribution >= 4 is 15.4 Å². The van der Waals surface area contributed by atoms with E-state index in [-0.39, 0.29) is 4.90 Å². The first-order valence-corrected chi connectivity index (χ1v) is 6.79. The first-order valence-electron chi connectivity index (χ1n) is 5.24. The minimum Gasteiger partial charge on any atom is -0.212 e. The van der Waals surface area contributed by atoms with Gasteiger partial charge < -0.3 is 0 Å². The summed E-state index contributed by atoms with van der Waals surface area (Å²) in [5.41, 5.74) is 8.74. The molecule has 90 valence electrons. The Morgan fingerprint density at radius 1 is 0.944 bits per heavy atom. The summed E-state index contributed by atoms with van der Waals surface area (Å²) < 4.78 is 23.9. The second-order valence-electron chi connectivity index (χ2n) is 3.64. The number of benzene rings is 2. The van der Waals surface area contributed by atoms with Gasteiger partial charge in [-0.25, -0.2) is 8.42 Å². The molecule has 0 aliphatic heterocycles. The quantitative estimate of drug-likeness (QED) is 0.398. The van der Waals surface area contributed by atoms with Gasteiger partial charge in [0.1, 0.15) is 0 Å². The molecule has 0 amide bonds. The van der Waals surface area contributed by atoms with Crippen molar-refractivity contribution in [2.24, 2.45) is 0 Å². The summed E-state index contributed by atoms with van der Waals surface area (Å²) in [5, 5.41) is 0. The lowest BCUT2D eigenvalue weighted by atomic mass is 10.1. The molecule has 0 atom stereocenters. The lowest BCUT2D eigenvalue weighted by Crippen LogP contribution is -2.04. The Labute approximate surface area is 105 Å². The monoisotopic (exact) mass is 259 g/mol. The smallest absolute Gasteiger partial charge is 0.212 e. The van der Waals surface area contributed by atoms with Crippen molar-refractivity contribution in [3.05, 3.63) is 54.6 Å². The highest BCUT2D eigenvalue weighted by molar-refractivity contribution is 8.04. The summed E-state index contributed by atoms with van der Waals surface area (Å²) in [4.78, 5) is 3.02. The van der Waals surface area contributed by atoms with Gasteiger partial charge >= 0.3 is 5.55 Å². The summed E-state index contributed by atoms with van der Waals surface area (Å²) in [6.45, 7) is 0. The molecule has 2 rings (SSSR count). The van der Waals surface area contributed by atoms with Crippen LogP contribution in [0.1, 0.15) is 0 Å². The molecule has 0 heterocycles. The molecule has 0 aliphatic carbocycles. The zero-order chi connectivity index (χ0) is 13.0. The molecule has 0 unspecified atom stereocenters. The molecule has 5 heteroatoms. The van der Waals surface area contributed by atoms with Crippen molar-refractivity contribution in [3.8, 4) is 11.1 Å². The lowest BCUT2D eigenvalue weighted by molar-refractivity contribution is -0.109. The molecular formula is C13H11N2O2S+. The standard InChI is InChI=1S/C13H11N2O2S/c14-15-10-18(16,17)13-9-5-4-8-12(13)11-6-2-1-3-7-11/h1-10,14H/q+1. The van der Waals surface area contributed by atoms with Gasteiger partial charge in [-0.2, -0.15) is 0 Å². The van der Waals surface area contributed by atoms with Crippen molar-refractivity contribution in [2.75, 3.05) is 0 Å². The third kappa shape index (κ3) is 2.37. The fraction of sp³-hybridized carbons (Fsp3) is 0. The fourth-order valence-corrected chi connectivity index (χ4v) is 2.71. The van der Waals surface area contributed by atoms with Crippen LogP contribution in [0, 0.1) is 5.53 Å². The van der Waals surface area contributed by atoms with E-state index in [1.165, 1.54) is 6.07 Å². The molecular weight excluding hydrogens is 248 g/mol. The van der Waals surface area contributed by atoms with Crippen LogP contribution in [-0.2, 0) is 9.84 Å². The summed E-state index contributed by atoms with van der Waals surface area (Å²) in [5.74, 6) is 0. The van der Waals surface area contributed by atoms with E-state index < -0.39 is 9.84 Å². The summed E-state index contributed by atoms with van der Waals surface area (Å²) in [7, 11) is -3.67. The zero-order valence-electron chi connectivity index (χ0n) is 9.45. The minimum absolute atomic E-state index is 0.159. The van der Waals surface area contributed by atoms with Crippen LogP contribution in [0.25, 0.3) is 11.1 Å². The average molecular weight is 259 g/mol. The van der Waals surface area contributed by atoms with Crippen LogP contribution in [0.15, 0.2) is 59.5 Å². The average Bonchev–Trinajstić information content (AvgIpc) is 2.40. The zero-order valence-corrected chi connectivity index (χ0v) is 10.3. The Bertz CT molecular complexity index is 703. The predicted molar refractivity (Wildman–Crippen MR) is 68.1 cm³/mol. The van der Waals surface area contributed by atoms with Gasteiger partial charge in [0.25, 0.3) is 9.84 Å². The largest absolute Gasteiger partial charge is 0.424 e. The van der Waals surface area contributed by atoms with Crippen LogP contribution in [0.4, 0.5) is 0 Å². The fourth-order valence-electron chi connectivity index (χ4n) is 1.70. The molecule has 4 nitrogen and oxygen atoms in total. The molecule has 0 saturated heterocycles. The van der Waals surface area contributed by atoms with Crippen LogP contribution in [0.3, 0.4) is 0 Å². The molecule has 0 aromatic heterocycles. The molecule has 0 saturated carbocycles. The Morgan fingerprint density at radius 2 is 1.56 bits per heavy atom. The van der Waals surface area contributed by atoms with Crippen LogP contribution in [-0.4, -0.2) is 18.8 Å². The second-order valence-corrected chi connectivity index (χ2v) is 5.38. The maximum atomic E-state index is 12.0. The highest BCUT2D eigenvalue weighted by Crippen LogP contribution is 2.26. The summed E-state index contributed by atoms with van der Waals surface area (Å²) in [6, 6.07) is 15.9. The van der Waals surface area contributed by atoms with Crippen LogP contribution in [0.5, 0.6) is 0 Å². The molecule has 0 bridgehead atoms. The lowest BCUT2D eigenvalue weighted by Gasteiger charge is -2.05. The Morgan fingerprint density at radius 3 is 2.22 bits per heavy atom. The molecule has 1 N–H and O–H groups in total. The first kappa shape index (κ1) is 12.2. The molecule has 0 spiro atoms. The Kier molecular flexibility index (Phi) is 3.37. The Hall–Kier alpha value is -2.23. The number of hydrogen-bond acceptors (Lipinski definition) is 3. The topological polar surface area (TPSA) is 72.1 Å². The maximum Gasteiger partial charge on any atom is 0.424 e. The van der Waals surface area contributed by atoms with Crippen molar-refractivity contribution in [3.63, 3.8) is 0 Å². The third-order valence-electron chi connectivity index (χ3n) is 2.47. The van der Waals surface area contributed by atoms with Crippen LogP contribution >= 0.6 is 0 Å². The van der Waals surface area contributed by atoms with Gasteiger partial charge in [0.2, 0.25) is 0 Å². The minimum atomic E-state index is -3.67. The number of nitrogens with zero attached hydrogens (tertiary/aromatic N) is 1. The number of nitrogens with one attached hydrogen (secondary N) is 1. The van der Waals surface area contributed by atoms with Gasteiger partial charge in [-0.1, -0.05) is 48.5 Å². The Balaban J connectivity index is 2.69. The van der Waals surface area contributed by atoms with E-state index >= 15 is 0 Å². The predicted octanol–water partition coefficient (Wildman–Crippen LogP) is 2.39. The molecule has 2 aromatic rings. The number of sulfone groups is 1. The van der Waals surface area contributed by atoms with E-state index in [1.54, 1.807) is 18.2 Å². The van der Waals surface area contributed by atoms with Crippen molar-refractivity contribution in [1.82, 2.24) is 0 Å². The summed E-state index contributed by atoms with van der Waals surface area (Å²) in [6.07, 6.45) is 0. The van der Waals surface area contributed by atoms with E-state index in [2.05, 4.69) is 4.79 Å².